The summed E-state index contributed by atoms with van der Waals surface area (Å²) in [5.74, 6) is 0. The first-order valence-electron chi connectivity index (χ1n) is 9.04. The normalized spacial score (nSPS) is 16.4. The number of urea groups is 1. The van der Waals surface area contributed by atoms with Gasteiger partial charge in [0.25, 0.3) is 0 Å². The fourth-order valence-electron chi connectivity index (χ4n) is 3.55. The predicted molar refractivity (Wildman–Crippen MR) is 103 cm³/mol. The largest absolute Gasteiger partial charge is 0.331 e. The molecule has 0 aliphatic heterocycles. The summed E-state index contributed by atoms with van der Waals surface area (Å²) >= 11 is 0. The quantitative estimate of drug-likeness (QED) is 0.603. The molecule has 1 aliphatic carbocycles. The lowest BCUT2D eigenvalue weighted by molar-refractivity contribution is 0.248. The third-order valence-electron chi connectivity index (χ3n) is 4.90. The molecule has 0 fully saturated rings. The van der Waals surface area contributed by atoms with Crippen LogP contribution in [0.5, 0.6) is 0 Å². The lowest BCUT2D eigenvalue weighted by atomic mass is 9.99. The number of rotatable bonds is 3. The second-order valence-corrected chi connectivity index (χ2v) is 6.66. The first-order chi connectivity index (χ1) is 12.8. The molecule has 3 aromatic rings. The summed E-state index contributed by atoms with van der Waals surface area (Å²) in [5, 5.41) is 12.8. The summed E-state index contributed by atoms with van der Waals surface area (Å²) in [6.07, 6.45) is 7.98. The van der Waals surface area contributed by atoms with Crippen molar-refractivity contribution in [2.75, 3.05) is 5.32 Å². The summed E-state index contributed by atoms with van der Waals surface area (Å²) in [4.78, 5) is 12.5. The van der Waals surface area contributed by atoms with Crippen molar-refractivity contribution in [1.29, 1.82) is 0 Å². The van der Waals surface area contributed by atoms with E-state index in [2.05, 4.69) is 39.0 Å². The molecule has 0 saturated carbocycles. The van der Waals surface area contributed by atoms with Crippen molar-refractivity contribution in [3.8, 4) is 11.1 Å². The van der Waals surface area contributed by atoms with Gasteiger partial charge in [0.15, 0.2) is 0 Å². The molecule has 0 radical (unpaired) electrons. The lowest BCUT2D eigenvalue weighted by Crippen LogP contribution is -2.32. The standard InChI is InChI=1S/C21H22N4O/c26-21(24-18-11-9-15(10-12-18)17-13-22-23-14-17)25-20-8-4-2-6-16-5-1-3-7-19(16)20/h1,3,5,7,9-14,20H,2,4,6,8H2,(H,22,23)(H2,24,25,26). The van der Waals surface area contributed by atoms with Gasteiger partial charge in [-0.3, -0.25) is 5.10 Å². The van der Waals surface area contributed by atoms with Crippen LogP contribution >= 0.6 is 0 Å². The molecule has 4 rings (SSSR count). The van der Waals surface area contributed by atoms with Crippen molar-refractivity contribution in [1.82, 2.24) is 15.5 Å². The van der Waals surface area contributed by atoms with E-state index < -0.39 is 0 Å². The van der Waals surface area contributed by atoms with Gasteiger partial charge in [0.2, 0.25) is 0 Å². The number of nitrogens with zero attached hydrogens (tertiary/aromatic N) is 1. The number of fused-ring (bicyclic) bond motifs is 1. The highest BCUT2D eigenvalue weighted by Crippen LogP contribution is 2.28. The molecule has 2 aromatic carbocycles. The number of H-pyrrole nitrogens is 1. The van der Waals surface area contributed by atoms with Crippen molar-refractivity contribution in [2.24, 2.45) is 0 Å². The number of hydrogen-bond acceptors (Lipinski definition) is 2. The Morgan fingerprint density at radius 3 is 2.69 bits per heavy atom. The van der Waals surface area contributed by atoms with Crippen LogP contribution < -0.4 is 10.6 Å². The summed E-state index contributed by atoms with van der Waals surface area (Å²) in [6, 6.07) is 16.1. The summed E-state index contributed by atoms with van der Waals surface area (Å²) in [7, 11) is 0. The molecule has 0 spiro atoms. The molecule has 2 amide bonds. The van der Waals surface area contributed by atoms with Gasteiger partial charge in [-0.25, -0.2) is 4.79 Å². The van der Waals surface area contributed by atoms with Crippen LogP contribution in [0.25, 0.3) is 11.1 Å². The molecule has 5 heteroatoms. The zero-order chi connectivity index (χ0) is 17.8. The third kappa shape index (κ3) is 3.61. The Kier molecular flexibility index (Phi) is 4.69. The molecule has 26 heavy (non-hydrogen) atoms. The number of amides is 2. The number of carbonyl (C=O) groups excluding carboxylic acids is 1. The molecule has 1 heterocycles. The van der Waals surface area contributed by atoms with E-state index in [0.29, 0.717) is 0 Å². The topological polar surface area (TPSA) is 69.8 Å². The Balaban J connectivity index is 1.42. The third-order valence-corrected chi connectivity index (χ3v) is 4.90. The Labute approximate surface area is 152 Å². The van der Waals surface area contributed by atoms with Crippen molar-refractivity contribution >= 4 is 11.7 Å². The lowest BCUT2D eigenvalue weighted by Gasteiger charge is -2.19. The minimum Gasteiger partial charge on any atom is -0.331 e. The van der Waals surface area contributed by atoms with Crippen LogP contribution in [-0.2, 0) is 6.42 Å². The Morgan fingerprint density at radius 1 is 1.04 bits per heavy atom. The molecule has 3 N–H and O–H groups in total. The van der Waals surface area contributed by atoms with Crippen LogP contribution in [0.3, 0.4) is 0 Å². The highest BCUT2D eigenvalue weighted by Gasteiger charge is 2.20. The van der Waals surface area contributed by atoms with Crippen LogP contribution in [0.2, 0.25) is 0 Å². The highest BCUT2D eigenvalue weighted by molar-refractivity contribution is 5.89. The predicted octanol–water partition coefficient (Wildman–Crippen LogP) is 4.67. The minimum absolute atomic E-state index is 0.0684. The summed E-state index contributed by atoms with van der Waals surface area (Å²) in [6.45, 7) is 0. The SMILES string of the molecule is O=C(Nc1ccc(-c2cn[nH]c2)cc1)NC1CCCCc2ccccc21. The van der Waals surface area contributed by atoms with Crippen molar-refractivity contribution < 1.29 is 4.79 Å². The van der Waals surface area contributed by atoms with Crippen LogP contribution in [0.15, 0.2) is 60.9 Å². The molecule has 0 bridgehead atoms. The van der Waals surface area contributed by atoms with Crippen LogP contribution in [0, 0.1) is 0 Å². The zero-order valence-electron chi connectivity index (χ0n) is 14.5. The minimum atomic E-state index is -0.164. The number of aryl methyl sites for hydroxylation is 1. The van der Waals surface area contributed by atoms with E-state index in [1.807, 2.05) is 36.5 Å². The van der Waals surface area contributed by atoms with Gasteiger partial charge in [-0.05, 0) is 48.1 Å². The molecule has 0 saturated heterocycles. The van der Waals surface area contributed by atoms with Gasteiger partial charge in [-0.15, -0.1) is 0 Å². The molecule has 1 unspecified atom stereocenters. The van der Waals surface area contributed by atoms with Gasteiger partial charge in [0.1, 0.15) is 0 Å². The van der Waals surface area contributed by atoms with E-state index in [1.54, 1.807) is 6.20 Å². The Bertz CT molecular complexity index is 871. The number of benzene rings is 2. The van der Waals surface area contributed by atoms with Gasteiger partial charge in [0.05, 0.1) is 12.2 Å². The van der Waals surface area contributed by atoms with Crippen LogP contribution in [0.1, 0.15) is 36.4 Å². The smallest absolute Gasteiger partial charge is 0.319 e. The summed E-state index contributed by atoms with van der Waals surface area (Å²) < 4.78 is 0. The van der Waals surface area contributed by atoms with E-state index in [1.165, 1.54) is 17.5 Å². The van der Waals surface area contributed by atoms with Gasteiger partial charge in [-0.2, -0.15) is 5.10 Å². The first kappa shape index (κ1) is 16.4. The number of anilines is 1. The Hall–Kier alpha value is -3.08. The number of aromatic amines is 1. The molecule has 1 aromatic heterocycles. The maximum Gasteiger partial charge on any atom is 0.319 e. The maximum atomic E-state index is 12.5. The van der Waals surface area contributed by atoms with E-state index in [-0.39, 0.29) is 12.1 Å². The number of carbonyl (C=O) groups is 1. The van der Waals surface area contributed by atoms with E-state index in [0.717, 1.165) is 36.1 Å². The fourth-order valence-corrected chi connectivity index (χ4v) is 3.55. The van der Waals surface area contributed by atoms with Gasteiger partial charge < -0.3 is 10.6 Å². The number of aromatic nitrogens is 2. The second kappa shape index (κ2) is 7.44. The zero-order valence-corrected chi connectivity index (χ0v) is 14.5. The fraction of sp³-hybridized carbons (Fsp3) is 0.238. The van der Waals surface area contributed by atoms with Gasteiger partial charge in [0, 0.05) is 17.4 Å². The second-order valence-electron chi connectivity index (χ2n) is 6.66. The van der Waals surface area contributed by atoms with Crippen molar-refractivity contribution in [2.45, 2.75) is 31.7 Å². The van der Waals surface area contributed by atoms with Gasteiger partial charge in [-0.1, -0.05) is 42.8 Å². The monoisotopic (exact) mass is 346 g/mol. The molecule has 132 valence electrons. The van der Waals surface area contributed by atoms with E-state index in [4.69, 9.17) is 0 Å². The molecular formula is C21H22N4O. The number of hydrogen-bond donors (Lipinski definition) is 3. The average molecular weight is 346 g/mol. The van der Waals surface area contributed by atoms with Crippen molar-refractivity contribution in [3.05, 3.63) is 72.1 Å². The van der Waals surface area contributed by atoms with Crippen LogP contribution in [0.4, 0.5) is 10.5 Å². The molecule has 1 atom stereocenters. The maximum absolute atomic E-state index is 12.5. The first-order valence-corrected chi connectivity index (χ1v) is 9.04. The van der Waals surface area contributed by atoms with Gasteiger partial charge >= 0.3 is 6.03 Å². The molecule has 1 aliphatic rings. The summed E-state index contributed by atoms with van der Waals surface area (Å²) in [5.41, 5.74) is 5.45. The molecule has 5 nitrogen and oxygen atoms in total. The number of nitrogens with one attached hydrogen (secondary N) is 3. The van der Waals surface area contributed by atoms with Crippen molar-refractivity contribution in [3.63, 3.8) is 0 Å². The Morgan fingerprint density at radius 2 is 1.88 bits per heavy atom. The molecular weight excluding hydrogens is 324 g/mol. The highest BCUT2D eigenvalue weighted by atomic mass is 16.2. The van der Waals surface area contributed by atoms with E-state index >= 15 is 0 Å². The van der Waals surface area contributed by atoms with E-state index in [9.17, 15) is 4.79 Å². The average Bonchev–Trinajstić information content (AvgIpc) is 3.12. The van der Waals surface area contributed by atoms with Crippen LogP contribution in [-0.4, -0.2) is 16.2 Å².